The maximum atomic E-state index is 9.30. The van der Waals surface area contributed by atoms with Crippen molar-refractivity contribution in [2.75, 3.05) is 26.7 Å². The molecule has 20 heavy (non-hydrogen) atoms. The second-order valence-electron chi connectivity index (χ2n) is 6.12. The summed E-state index contributed by atoms with van der Waals surface area (Å²) in [4.78, 5) is 2.64. The highest BCUT2D eigenvalue weighted by Gasteiger charge is 2.22. The molecule has 1 aromatic carbocycles. The number of phenols is 1. The number of hydrogen-bond donors (Lipinski definition) is 2. The summed E-state index contributed by atoms with van der Waals surface area (Å²) in [6, 6.07) is 8.26. The smallest absolute Gasteiger partial charge is 0.115 e. The Balaban J connectivity index is 1.79. The van der Waals surface area contributed by atoms with Gasteiger partial charge in [-0.25, -0.2) is 0 Å². The first-order valence-corrected chi connectivity index (χ1v) is 7.85. The summed E-state index contributed by atoms with van der Waals surface area (Å²) in [5, 5.41) is 12.6. The Bertz CT molecular complexity index is 388. The third-order valence-electron chi connectivity index (χ3n) is 4.45. The van der Waals surface area contributed by atoms with E-state index >= 15 is 0 Å². The van der Waals surface area contributed by atoms with Crippen LogP contribution in [0.3, 0.4) is 0 Å². The first-order valence-electron chi connectivity index (χ1n) is 7.85. The first kappa shape index (κ1) is 15.3. The van der Waals surface area contributed by atoms with Gasteiger partial charge in [-0.3, -0.25) is 0 Å². The van der Waals surface area contributed by atoms with E-state index in [1.54, 1.807) is 12.1 Å². The van der Waals surface area contributed by atoms with Gasteiger partial charge in [-0.15, -0.1) is 0 Å². The van der Waals surface area contributed by atoms with E-state index in [-0.39, 0.29) is 0 Å². The minimum absolute atomic E-state index is 0.354. The van der Waals surface area contributed by atoms with Gasteiger partial charge in [0.25, 0.3) is 0 Å². The maximum absolute atomic E-state index is 9.30. The fourth-order valence-electron chi connectivity index (χ4n) is 3.17. The molecule has 0 aromatic heterocycles. The maximum Gasteiger partial charge on any atom is 0.115 e. The minimum atomic E-state index is 0.354. The number of piperidine rings is 1. The van der Waals surface area contributed by atoms with Gasteiger partial charge >= 0.3 is 0 Å². The number of aromatic hydroxyl groups is 1. The van der Waals surface area contributed by atoms with Crippen LogP contribution in [0.1, 0.15) is 31.7 Å². The molecule has 1 saturated heterocycles. The average Bonchev–Trinajstić information content (AvgIpc) is 2.47. The van der Waals surface area contributed by atoms with Crippen LogP contribution in [0.2, 0.25) is 0 Å². The van der Waals surface area contributed by atoms with E-state index in [1.165, 1.54) is 37.9 Å². The zero-order valence-corrected chi connectivity index (χ0v) is 12.8. The quantitative estimate of drug-likeness (QED) is 0.838. The Hall–Kier alpha value is -1.06. The predicted octanol–water partition coefficient (Wildman–Crippen LogP) is 2.64. The van der Waals surface area contributed by atoms with Gasteiger partial charge in [0.05, 0.1) is 0 Å². The second kappa shape index (κ2) is 7.65. The molecule has 2 N–H and O–H groups in total. The van der Waals surface area contributed by atoms with Crippen LogP contribution in [-0.2, 0) is 6.42 Å². The average molecular weight is 276 g/mol. The molecule has 2 rings (SSSR count). The topological polar surface area (TPSA) is 35.5 Å². The summed E-state index contributed by atoms with van der Waals surface area (Å²) >= 11 is 0. The standard InChI is InChI=1S/C17H28N2O/c1-14(5-6-15-7-9-17(20)10-8-15)19-11-3-4-16(13-19)12-18-2/h7-10,14,16,18,20H,3-6,11-13H2,1-2H3. The third kappa shape index (κ3) is 4.50. The molecule has 0 amide bonds. The van der Waals surface area contributed by atoms with Gasteiger partial charge in [0.15, 0.2) is 0 Å². The van der Waals surface area contributed by atoms with Crippen molar-refractivity contribution in [2.24, 2.45) is 5.92 Å². The lowest BCUT2D eigenvalue weighted by Gasteiger charge is -2.37. The van der Waals surface area contributed by atoms with E-state index in [0.29, 0.717) is 11.8 Å². The molecule has 1 fully saturated rings. The number of phenolic OH excluding ortho intramolecular Hbond substituents is 1. The number of benzene rings is 1. The second-order valence-corrected chi connectivity index (χ2v) is 6.12. The van der Waals surface area contributed by atoms with E-state index in [9.17, 15) is 5.11 Å². The molecule has 0 spiro atoms. The minimum Gasteiger partial charge on any atom is -0.508 e. The SMILES string of the molecule is CNCC1CCCN(C(C)CCc2ccc(O)cc2)C1. The molecule has 0 bridgehead atoms. The molecule has 1 aromatic rings. The van der Waals surface area contributed by atoms with Crippen molar-refractivity contribution < 1.29 is 5.11 Å². The van der Waals surface area contributed by atoms with Crippen LogP contribution in [0.5, 0.6) is 5.75 Å². The van der Waals surface area contributed by atoms with Gasteiger partial charge in [0.2, 0.25) is 0 Å². The van der Waals surface area contributed by atoms with Gasteiger partial charge in [-0.2, -0.15) is 0 Å². The van der Waals surface area contributed by atoms with E-state index in [0.717, 1.165) is 18.9 Å². The third-order valence-corrected chi connectivity index (χ3v) is 4.45. The Morgan fingerprint density at radius 2 is 2.10 bits per heavy atom. The molecule has 2 atom stereocenters. The van der Waals surface area contributed by atoms with Crippen LogP contribution in [0.25, 0.3) is 0 Å². The number of likely N-dealkylation sites (tertiary alicyclic amines) is 1. The lowest BCUT2D eigenvalue weighted by molar-refractivity contribution is 0.126. The summed E-state index contributed by atoms with van der Waals surface area (Å²) in [5.74, 6) is 1.16. The largest absolute Gasteiger partial charge is 0.508 e. The molecule has 3 heteroatoms. The van der Waals surface area contributed by atoms with E-state index < -0.39 is 0 Å². The highest BCUT2D eigenvalue weighted by Crippen LogP contribution is 2.20. The fourth-order valence-corrected chi connectivity index (χ4v) is 3.17. The monoisotopic (exact) mass is 276 g/mol. The molecule has 1 heterocycles. The Labute approximate surface area is 123 Å². The van der Waals surface area contributed by atoms with Gasteiger partial charge in [-0.05, 0) is 76.4 Å². The molecule has 2 unspecified atom stereocenters. The Morgan fingerprint density at radius 1 is 1.35 bits per heavy atom. The van der Waals surface area contributed by atoms with Crippen LogP contribution < -0.4 is 5.32 Å². The van der Waals surface area contributed by atoms with Crippen molar-refractivity contribution in [3.63, 3.8) is 0 Å². The number of aryl methyl sites for hydroxylation is 1. The predicted molar refractivity (Wildman–Crippen MR) is 84.1 cm³/mol. The zero-order valence-electron chi connectivity index (χ0n) is 12.8. The molecule has 1 aliphatic heterocycles. The van der Waals surface area contributed by atoms with Crippen LogP contribution in [0, 0.1) is 5.92 Å². The fraction of sp³-hybridized carbons (Fsp3) is 0.647. The van der Waals surface area contributed by atoms with Gasteiger partial charge in [-0.1, -0.05) is 12.1 Å². The highest BCUT2D eigenvalue weighted by molar-refractivity contribution is 5.25. The molecule has 1 aliphatic rings. The van der Waals surface area contributed by atoms with Gasteiger partial charge in [0, 0.05) is 12.6 Å². The summed E-state index contributed by atoms with van der Waals surface area (Å²) < 4.78 is 0. The summed E-state index contributed by atoms with van der Waals surface area (Å²) in [5.41, 5.74) is 1.32. The van der Waals surface area contributed by atoms with E-state index in [4.69, 9.17) is 0 Å². The highest BCUT2D eigenvalue weighted by atomic mass is 16.3. The van der Waals surface area contributed by atoms with Crippen molar-refractivity contribution in [2.45, 2.75) is 38.6 Å². The van der Waals surface area contributed by atoms with Crippen LogP contribution >= 0.6 is 0 Å². The van der Waals surface area contributed by atoms with Crippen molar-refractivity contribution >= 4 is 0 Å². The summed E-state index contributed by atoms with van der Waals surface area (Å²) in [7, 11) is 2.05. The van der Waals surface area contributed by atoms with E-state index in [2.05, 4.69) is 17.1 Å². The molecule has 0 saturated carbocycles. The van der Waals surface area contributed by atoms with Crippen molar-refractivity contribution in [1.29, 1.82) is 0 Å². The number of nitrogens with zero attached hydrogens (tertiary/aromatic N) is 1. The van der Waals surface area contributed by atoms with Crippen LogP contribution in [0.4, 0.5) is 0 Å². The molecule has 3 nitrogen and oxygen atoms in total. The number of nitrogens with one attached hydrogen (secondary N) is 1. The zero-order chi connectivity index (χ0) is 14.4. The van der Waals surface area contributed by atoms with Crippen molar-refractivity contribution in [1.82, 2.24) is 10.2 Å². The Kier molecular flexibility index (Phi) is 5.86. The van der Waals surface area contributed by atoms with Crippen molar-refractivity contribution in [3.05, 3.63) is 29.8 Å². The van der Waals surface area contributed by atoms with Gasteiger partial charge < -0.3 is 15.3 Å². The van der Waals surface area contributed by atoms with Crippen LogP contribution in [0.15, 0.2) is 24.3 Å². The van der Waals surface area contributed by atoms with Gasteiger partial charge in [0.1, 0.15) is 5.75 Å². The van der Waals surface area contributed by atoms with Crippen molar-refractivity contribution in [3.8, 4) is 5.75 Å². The molecular weight excluding hydrogens is 248 g/mol. The van der Waals surface area contributed by atoms with Crippen LogP contribution in [-0.4, -0.2) is 42.7 Å². The molecule has 112 valence electrons. The molecular formula is C17H28N2O. The number of hydrogen-bond acceptors (Lipinski definition) is 3. The van der Waals surface area contributed by atoms with E-state index in [1.807, 2.05) is 19.2 Å². The molecule has 0 radical (unpaired) electrons. The number of rotatable bonds is 6. The summed E-state index contributed by atoms with van der Waals surface area (Å²) in [6.45, 7) is 5.97. The Morgan fingerprint density at radius 3 is 2.80 bits per heavy atom. The lowest BCUT2D eigenvalue weighted by Crippen LogP contribution is -2.43. The first-order chi connectivity index (χ1) is 9.69. The lowest BCUT2D eigenvalue weighted by atomic mass is 9.95. The molecule has 0 aliphatic carbocycles. The normalized spacial score (nSPS) is 21.8. The summed E-state index contributed by atoms with van der Waals surface area (Å²) in [6.07, 6.45) is 4.98.